The second-order valence-electron chi connectivity index (χ2n) is 4.34. The van der Waals surface area contributed by atoms with Gasteiger partial charge in [0.25, 0.3) is 0 Å². The number of aliphatic carboxylic acids is 1. The van der Waals surface area contributed by atoms with E-state index in [0.717, 1.165) is 17.7 Å². The summed E-state index contributed by atoms with van der Waals surface area (Å²) in [5.41, 5.74) is 0.903. The van der Waals surface area contributed by atoms with E-state index in [2.05, 4.69) is 0 Å². The average Bonchev–Trinajstić information content (AvgIpc) is 2.42. The van der Waals surface area contributed by atoms with E-state index >= 15 is 0 Å². The highest BCUT2D eigenvalue weighted by molar-refractivity contribution is 6.31. The van der Waals surface area contributed by atoms with Crippen molar-refractivity contribution in [3.63, 3.8) is 0 Å². The van der Waals surface area contributed by atoms with Gasteiger partial charge in [-0.2, -0.15) is 0 Å². The summed E-state index contributed by atoms with van der Waals surface area (Å²) in [5.74, 6) is -0.996. The molecule has 0 heterocycles. The van der Waals surface area contributed by atoms with E-state index in [-0.39, 0.29) is 11.3 Å². The number of ether oxygens (including phenoxy) is 1. The topological polar surface area (TPSA) is 46.5 Å². The first-order valence-electron chi connectivity index (χ1n) is 6.11. The molecule has 5 heteroatoms. The quantitative estimate of drug-likeness (QED) is 0.834. The summed E-state index contributed by atoms with van der Waals surface area (Å²) in [6, 6.07) is 9.35. The SMILES string of the molecule is Cc1cc(Oc2cccc(F)c2/C=C/C(=O)O)ccc1Cl. The molecule has 2 aromatic carbocycles. The summed E-state index contributed by atoms with van der Waals surface area (Å²) in [6.45, 7) is 1.83. The molecule has 0 saturated carbocycles. The zero-order valence-electron chi connectivity index (χ0n) is 11.1. The molecule has 0 aliphatic rings. The number of rotatable bonds is 4. The highest BCUT2D eigenvalue weighted by Gasteiger charge is 2.09. The lowest BCUT2D eigenvalue weighted by molar-refractivity contribution is -0.131. The number of carboxylic acid groups (broad SMARTS) is 1. The van der Waals surface area contributed by atoms with E-state index in [4.69, 9.17) is 21.4 Å². The molecule has 0 aliphatic carbocycles. The molecule has 0 fully saturated rings. The first-order chi connectivity index (χ1) is 9.97. The summed E-state index contributed by atoms with van der Waals surface area (Å²) in [7, 11) is 0. The lowest BCUT2D eigenvalue weighted by atomic mass is 10.1. The predicted molar refractivity (Wildman–Crippen MR) is 79.3 cm³/mol. The molecule has 0 amide bonds. The molecule has 108 valence electrons. The van der Waals surface area contributed by atoms with Gasteiger partial charge in [-0.1, -0.05) is 17.7 Å². The van der Waals surface area contributed by atoms with Gasteiger partial charge in [0.05, 0.1) is 5.56 Å². The van der Waals surface area contributed by atoms with Crippen LogP contribution in [-0.2, 0) is 4.79 Å². The molecular formula is C16H12ClFO3. The Morgan fingerprint density at radius 2 is 2.10 bits per heavy atom. The molecule has 0 spiro atoms. The third kappa shape index (κ3) is 3.83. The molecule has 0 atom stereocenters. The van der Waals surface area contributed by atoms with E-state index in [1.165, 1.54) is 12.1 Å². The van der Waals surface area contributed by atoms with Crippen molar-refractivity contribution in [1.82, 2.24) is 0 Å². The Labute approximate surface area is 126 Å². The molecule has 3 nitrogen and oxygen atoms in total. The first-order valence-corrected chi connectivity index (χ1v) is 6.48. The van der Waals surface area contributed by atoms with Crippen LogP contribution in [0, 0.1) is 12.7 Å². The number of aryl methyl sites for hydroxylation is 1. The predicted octanol–water partition coefficient (Wildman–Crippen LogP) is 4.68. The molecule has 0 bridgehead atoms. The fraction of sp³-hybridized carbons (Fsp3) is 0.0625. The van der Waals surface area contributed by atoms with Gasteiger partial charge in [-0.05, 0) is 48.9 Å². The van der Waals surface area contributed by atoms with Gasteiger partial charge >= 0.3 is 5.97 Å². The summed E-state index contributed by atoms with van der Waals surface area (Å²) in [6.07, 6.45) is 2.02. The molecular weight excluding hydrogens is 295 g/mol. The normalized spacial score (nSPS) is 10.8. The lowest BCUT2D eigenvalue weighted by Crippen LogP contribution is -1.93. The van der Waals surface area contributed by atoms with Crippen LogP contribution < -0.4 is 4.74 Å². The molecule has 0 unspecified atom stereocenters. The van der Waals surface area contributed by atoms with Crippen LogP contribution in [0.4, 0.5) is 4.39 Å². The van der Waals surface area contributed by atoms with Crippen molar-refractivity contribution in [2.75, 3.05) is 0 Å². The molecule has 21 heavy (non-hydrogen) atoms. The Balaban J connectivity index is 2.37. The van der Waals surface area contributed by atoms with Crippen LogP contribution in [0.25, 0.3) is 6.08 Å². The van der Waals surface area contributed by atoms with Crippen LogP contribution in [0.5, 0.6) is 11.5 Å². The van der Waals surface area contributed by atoms with E-state index in [9.17, 15) is 9.18 Å². The van der Waals surface area contributed by atoms with E-state index in [0.29, 0.717) is 10.8 Å². The van der Waals surface area contributed by atoms with Crippen LogP contribution in [-0.4, -0.2) is 11.1 Å². The van der Waals surface area contributed by atoms with Crippen molar-refractivity contribution in [2.45, 2.75) is 6.92 Å². The van der Waals surface area contributed by atoms with Gasteiger partial charge in [0.1, 0.15) is 17.3 Å². The Morgan fingerprint density at radius 1 is 1.33 bits per heavy atom. The third-order valence-corrected chi connectivity index (χ3v) is 3.19. The number of hydrogen-bond donors (Lipinski definition) is 1. The Bertz CT molecular complexity index is 711. The van der Waals surface area contributed by atoms with Crippen molar-refractivity contribution in [2.24, 2.45) is 0 Å². The number of carbonyl (C=O) groups is 1. The number of benzene rings is 2. The summed E-state index contributed by atoms with van der Waals surface area (Å²) >= 11 is 5.93. The van der Waals surface area contributed by atoms with Crippen molar-refractivity contribution in [1.29, 1.82) is 0 Å². The zero-order valence-corrected chi connectivity index (χ0v) is 11.9. The first kappa shape index (κ1) is 15.1. The van der Waals surface area contributed by atoms with Crippen molar-refractivity contribution < 1.29 is 19.0 Å². The maximum Gasteiger partial charge on any atom is 0.328 e. The van der Waals surface area contributed by atoms with Crippen molar-refractivity contribution in [3.05, 3.63) is 64.4 Å². The summed E-state index contributed by atoms with van der Waals surface area (Å²) in [4.78, 5) is 10.6. The highest BCUT2D eigenvalue weighted by atomic mass is 35.5. The summed E-state index contributed by atoms with van der Waals surface area (Å²) in [5, 5.41) is 9.25. The van der Waals surface area contributed by atoms with Crippen LogP contribution in [0.15, 0.2) is 42.5 Å². The smallest absolute Gasteiger partial charge is 0.328 e. The molecule has 1 N–H and O–H groups in total. The van der Waals surface area contributed by atoms with Crippen LogP contribution in [0.1, 0.15) is 11.1 Å². The second-order valence-corrected chi connectivity index (χ2v) is 4.74. The Kier molecular flexibility index (Phi) is 4.60. The number of halogens is 2. The van der Waals surface area contributed by atoms with Gasteiger partial charge in [-0.25, -0.2) is 9.18 Å². The largest absolute Gasteiger partial charge is 0.478 e. The van der Waals surface area contributed by atoms with Crippen LogP contribution in [0.3, 0.4) is 0 Å². The molecule has 0 aliphatic heterocycles. The molecule has 2 rings (SSSR count). The van der Waals surface area contributed by atoms with Gasteiger partial charge in [-0.3, -0.25) is 0 Å². The average molecular weight is 307 g/mol. The van der Waals surface area contributed by atoms with Gasteiger partial charge in [0.2, 0.25) is 0 Å². The Morgan fingerprint density at radius 3 is 2.76 bits per heavy atom. The molecule has 0 radical (unpaired) electrons. The standard InChI is InChI=1S/C16H12ClFO3/c1-10-9-11(5-7-13(10)17)21-15-4-2-3-14(18)12(15)6-8-16(19)20/h2-9H,1H3,(H,19,20)/b8-6+. The zero-order chi connectivity index (χ0) is 15.4. The van der Waals surface area contributed by atoms with E-state index in [1.54, 1.807) is 24.3 Å². The lowest BCUT2D eigenvalue weighted by Gasteiger charge is -2.10. The van der Waals surface area contributed by atoms with Gasteiger partial charge in [0.15, 0.2) is 0 Å². The number of hydrogen-bond acceptors (Lipinski definition) is 2. The van der Waals surface area contributed by atoms with Crippen LogP contribution >= 0.6 is 11.6 Å². The number of carboxylic acids is 1. The monoisotopic (exact) mass is 306 g/mol. The maximum atomic E-state index is 13.8. The minimum Gasteiger partial charge on any atom is -0.478 e. The van der Waals surface area contributed by atoms with Gasteiger partial charge in [0, 0.05) is 11.1 Å². The molecule has 0 saturated heterocycles. The summed E-state index contributed by atoms with van der Waals surface area (Å²) < 4.78 is 19.4. The minimum absolute atomic E-state index is 0.0764. The minimum atomic E-state index is -1.16. The Hall–Kier alpha value is -2.33. The second kappa shape index (κ2) is 6.41. The molecule has 0 aromatic heterocycles. The van der Waals surface area contributed by atoms with Crippen LogP contribution in [0.2, 0.25) is 5.02 Å². The fourth-order valence-corrected chi connectivity index (χ4v) is 1.85. The fourth-order valence-electron chi connectivity index (χ4n) is 1.73. The molecule has 2 aromatic rings. The third-order valence-electron chi connectivity index (χ3n) is 2.76. The maximum absolute atomic E-state index is 13.8. The highest BCUT2D eigenvalue weighted by Crippen LogP contribution is 2.30. The van der Waals surface area contributed by atoms with Gasteiger partial charge < -0.3 is 9.84 Å². The van der Waals surface area contributed by atoms with Crippen molar-refractivity contribution >= 4 is 23.6 Å². The van der Waals surface area contributed by atoms with E-state index in [1.807, 2.05) is 6.92 Å². The van der Waals surface area contributed by atoms with E-state index < -0.39 is 11.8 Å². The van der Waals surface area contributed by atoms with Crippen molar-refractivity contribution in [3.8, 4) is 11.5 Å². The van der Waals surface area contributed by atoms with Gasteiger partial charge in [-0.15, -0.1) is 0 Å².